The Morgan fingerprint density at radius 1 is 1.21 bits per heavy atom. The first-order chi connectivity index (χ1) is 9.08. The molecule has 0 aliphatic heterocycles. The van der Waals surface area contributed by atoms with Crippen LogP contribution in [-0.2, 0) is 6.54 Å². The smallest absolute Gasteiger partial charge is 0.134 e. The fraction of sp³-hybridized carbons (Fsp3) is 0.529. The summed E-state index contributed by atoms with van der Waals surface area (Å²) in [7, 11) is 1.96. The standard InChI is InChI=1S/C17H25NO/c1-6-12(4)13-7-8-15-14(9-13)17(11(2)3)16(19-15)10-18-5/h7-9,11-12,18H,6,10H2,1-5H3. The van der Waals surface area contributed by atoms with Gasteiger partial charge in [-0.2, -0.15) is 0 Å². The third-order valence-corrected chi connectivity index (χ3v) is 3.92. The van der Waals surface area contributed by atoms with E-state index in [2.05, 4.69) is 51.2 Å². The molecule has 0 bridgehead atoms. The van der Waals surface area contributed by atoms with Crippen molar-refractivity contribution >= 4 is 11.0 Å². The Kier molecular flexibility index (Phi) is 4.31. The van der Waals surface area contributed by atoms with Gasteiger partial charge in [-0.05, 0) is 43.0 Å². The predicted molar refractivity (Wildman–Crippen MR) is 81.8 cm³/mol. The van der Waals surface area contributed by atoms with Gasteiger partial charge in [-0.15, -0.1) is 0 Å². The van der Waals surface area contributed by atoms with Crippen LogP contribution in [0.5, 0.6) is 0 Å². The zero-order valence-corrected chi connectivity index (χ0v) is 12.7. The van der Waals surface area contributed by atoms with Gasteiger partial charge in [0.1, 0.15) is 11.3 Å². The van der Waals surface area contributed by atoms with Crippen LogP contribution in [-0.4, -0.2) is 7.05 Å². The largest absolute Gasteiger partial charge is 0.459 e. The van der Waals surface area contributed by atoms with Crippen LogP contribution in [0.4, 0.5) is 0 Å². The molecule has 0 saturated carbocycles. The van der Waals surface area contributed by atoms with Crippen molar-refractivity contribution in [3.63, 3.8) is 0 Å². The fourth-order valence-corrected chi connectivity index (χ4v) is 2.65. The maximum absolute atomic E-state index is 6.01. The minimum Gasteiger partial charge on any atom is -0.459 e. The molecule has 0 aliphatic rings. The number of fused-ring (bicyclic) bond motifs is 1. The summed E-state index contributed by atoms with van der Waals surface area (Å²) in [6, 6.07) is 6.65. The summed E-state index contributed by atoms with van der Waals surface area (Å²) in [6.45, 7) is 9.78. The van der Waals surface area contributed by atoms with Gasteiger partial charge in [-0.3, -0.25) is 0 Å². The fourth-order valence-electron chi connectivity index (χ4n) is 2.65. The lowest BCUT2D eigenvalue weighted by Gasteiger charge is -2.10. The van der Waals surface area contributed by atoms with Crippen LogP contribution in [0.2, 0.25) is 0 Å². The van der Waals surface area contributed by atoms with Gasteiger partial charge in [-0.25, -0.2) is 0 Å². The predicted octanol–water partition coefficient (Wildman–Crippen LogP) is 4.79. The molecule has 1 heterocycles. The molecule has 0 radical (unpaired) electrons. The monoisotopic (exact) mass is 259 g/mol. The van der Waals surface area contributed by atoms with Gasteiger partial charge in [0.15, 0.2) is 0 Å². The molecule has 1 aromatic heterocycles. The summed E-state index contributed by atoms with van der Waals surface area (Å²) >= 11 is 0. The maximum atomic E-state index is 6.01. The molecule has 2 nitrogen and oxygen atoms in total. The van der Waals surface area contributed by atoms with Crippen LogP contribution < -0.4 is 5.32 Å². The summed E-state index contributed by atoms with van der Waals surface area (Å²) in [6.07, 6.45) is 1.17. The molecular formula is C17H25NO. The zero-order valence-electron chi connectivity index (χ0n) is 12.7. The highest BCUT2D eigenvalue weighted by Crippen LogP contribution is 2.34. The maximum Gasteiger partial charge on any atom is 0.134 e. The van der Waals surface area contributed by atoms with Crippen molar-refractivity contribution in [1.82, 2.24) is 5.32 Å². The second-order valence-corrected chi connectivity index (χ2v) is 5.69. The lowest BCUT2D eigenvalue weighted by atomic mass is 9.94. The number of nitrogens with one attached hydrogen (secondary N) is 1. The number of furan rings is 1. The van der Waals surface area contributed by atoms with E-state index in [9.17, 15) is 0 Å². The van der Waals surface area contributed by atoms with E-state index in [0.29, 0.717) is 11.8 Å². The Morgan fingerprint density at radius 2 is 1.95 bits per heavy atom. The minimum absolute atomic E-state index is 0.483. The van der Waals surface area contributed by atoms with Gasteiger partial charge in [0, 0.05) is 10.9 Å². The third kappa shape index (κ3) is 2.69. The molecule has 2 rings (SSSR count). The summed E-state index contributed by atoms with van der Waals surface area (Å²) < 4.78 is 6.01. The van der Waals surface area contributed by atoms with Crippen LogP contribution in [0.3, 0.4) is 0 Å². The van der Waals surface area contributed by atoms with Crippen LogP contribution in [0, 0.1) is 0 Å². The number of benzene rings is 1. The molecule has 2 aromatic rings. The minimum atomic E-state index is 0.483. The average molecular weight is 259 g/mol. The van der Waals surface area contributed by atoms with Gasteiger partial charge in [0.2, 0.25) is 0 Å². The first-order valence-corrected chi connectivity index (χ1v) is 7.28. The van der Waals surface area contributed by atoms with E-state index in [-0.39, 0.29) is 0 Å². The summed E-state index contributed by atoms with van der Waals surface area (Å²) in [5, 5.41) is 4.48. The number of hydrogen-bond acceptors (Lipinski definition) is 2. The molecule has 0 aliphatic carbocycles. The van der Waals surface area contributed by atoms with Crippen molar-refractivity contribution < 1.29 is 4.42 Å². The molecule has 0 spiro atoms. The van der Waals surface area contributed by atoms with Crippen LogP contribution in [0.15, 0.2) is 22.6 Å². The van der Waals surface area contributed by atoms with E-state index in [1.807, 2.05) is 7.05 Å². The van der Waals surface area contributed by atoms with E-state index >= 15 is 0 Å². The molecule has 1 unspecified atom stereocenters. The average Bonchev–Trinajstić information content (AvgIpc) is 2.75. The van der Waals surface area contributed by atoms with Gasteiger partial charge in [0.25, 0.3) is 0 Å². The van der Waals surface area contributed by atoms with Crippen molar-refractivity contribution in [2.45, 2.75) is 52.5 Å². The Morgan fingerprint density at radius 3 is 2.53 bits per heavy atom. The number of rotatable bonds is 5. The van der Waals surface area contributed by atoms with Gasteiger partial charge < -0.3 is 9.73 Å². The van der Waals surface area contributed by atoms with Crippen LogP contribution in [0.1, 0.15) is 62.8 Å². The van der Waals surface area contributed by atoms with Crippen molar-refractivity contribution in [3.05, 3.63) is 35.1 Å². The molecule has 1 aromatic carbocycles. The van der Waals surface area contributed by atoms with Crippen molar-refractivity contribution in [1.29, 1.82) is 0 Å². The molecule has 1 atom stereocenters. The van der Waals surface area contributed by atoms with E-state index in [4.69, 9.17) is 4.42 Å². The first-order valence-electron chi connectivity index (χ1n) is 7.28. The van der Waals surface area contributed by atoms with E-state index in [1.54, 1.807) is 0 Å². The molecular weight excluding hydrogens is 234 g/mol. The van der Waals surface area contributed by atoms with Crippen molar-refractivity contribution in [2.24, 2.45) is 0 Å². The Labute approximate surface area is 116 Å². The quantitative estimate of drug-likeness (QED) is 0.835. The summed E-state index contributed by atoms with van der Waals surface area (Å²) in [4.78, 5) is 0. The highest BCUT2D eigenvalue weighted by atomic mass is 16.3. The van der Waals surface area contributed by atoms with Gasteiger partial charge in [0.05, 0.1) is 6.54 Å². The van der Waals surface area contributed by atoms with E-state index < -0.39 is 0 Å². The van der Waals surface area contributed by atoms with Crippen molar-refractivity contribution in [2.75, 3.05) is 7.05 Å². The first kappa shape index (κ1) is 14.1. The van der Waals surface area contributed by atoms with E-state index in [1.165, 1.54) is 22.9 Å². The molecule has 19 heavy (non-hydrogen) atoms. The van der Waals surface area contributed by atoms with Gasteiger partial charge >= 0.3 is 0 Å². The second-order valence-electron chi connectivity index (χ2n) is 5.69. The second kappa shape index (κ2) is 5.79. The zero-order chi connectivity index (χ0) is 14.0. The highest BCUT2D eigenvalue weighted by Gasteiger charge is 2.17. The number of hydrogen-bond donors (Lipinski definition) is 1. The SMILES string of the molecule is CCC(C)c1ccc2oc(CNC)c(C(C)C)c2c1. The Balaban J connectivity index is 2.59. The molecule has 104 valence electrons. The van der Waals surface area contributed by atoms with Crippen LogP contribution >= 0.6 is 0 Å². The third-order valence-electron chi connectivity index (χ3n) is 3.92. The Hall–Kier alpha value is -1.28. The highest BCUT2D eigenvalue weighted by molar-refractivity contribution is 5.83. The molecule has 0 fully saturated rings. The molecule has 0 amide bonds. The molecule has 1 N–H and O–H groups in total. The summed E-state index contributed by atoms with van der Waals surface area (Å²) in [5.74, 6) is 2.16. The lowest BCUT2D eigenvalue weighted by molar-refractivity contribution is 0.520. The molecule has 2 heteroatoms. The normalized spacial score (nSPS) is 13.4. The Bertz CT molecular complexity index is 554. The topological polar surface area (TPSA) is 25.2 Å². The van der Waals surface area contributed by atoms with E-state index in [0.717, 1.165) is 17.9 Å². The van der Waals surface area contributed by atoms with Gasteiger partial charge in [-0.1, -0.05) is 33.8 Å². The molecule has 0 saturated heterocycles. The van der Waals surface area contributed by atoms with Crippen molar-refractivity contribution in [3.8, 4) is 0 Å². The lowest BCUT2D eigenvalue weighted by Crippen LogP contribution is -2.06. The van der Waals surface area contributed by atoms with Crippen LogP contribution in [0.25, 0.3) is 11.0 Å². The summed E-state index contributed by atoms with van der Waals surface area (Å²) in [5.41, 5.74) is 3.78.